The fourth-order valence-corrected chi connectivity index (χ4v) is 1.87. The van der Waals surface area contributed by atoms with Crippen LogP contribution in [0.15, 0.2) is 41.3 Å². The summed E-state index contributed by atoms with van der Waals surface area (Å²) in [5.74, 6) is 0.819. The van der Waals surface area contributed by atoms with Gasteiger partial charge in [0, 0.05) is 25.5 Å². The third-order valence-electron chi connectivity index (χ3n) is 3.02. The Morgan fingerprint density at radius 2 is 2.40 bits per heavy atom. The highest BCUT2D eigenvalue weighted by molar-refractivity contribution is 5.77. The Bertz CT molecular complexity index is 507. The molecule has 0 aromatic carbocycles. The van der Waals surface area contributed by atoms with Crippen molar-refractivity contribution in [3.8, 4) is 0 Å². The van der Waals surface area contributed by atoms with E-state index in [2.05, 4.69) is 10.4 Å². The molecule has 6 nitrogen and oxygen atoms in total. The van der Waals surface area contributed by atoms with Crippen LogP contribution in [0.25, 0.3) is 0 Å². The second-order valence-corrected chi connectivity index (χ2v) is 4.84. The minimum Gasteiger partial charge on any atom is -0.467 e. The lowest BCUT2D eigenvalue weighted by Crippen LogP contribution is -2.40. The summed E-state index contributed by atoms with van der Waals surface area (Å²) in [5, 5.41) is 7.34. The van der Waals surface area contributed by atoms with Gasteiger partial charge in [0.05, 0.1) is 25.9 Å². The number of aromatic nitrogens is 2. The summed E-state index contributed by atoms with van der Waals surface area (Å²) < 4.78 is 7.07. The Hall–Kier alpha value is -2.08. The third-order valence-corrected chi connectivity index (χ3v) is 3.02. The average molecular weight is 276 g/mol. The number of amides is 1. The Labute approximate surface area is 118 Å². The van der Waals surface area contributed by atoms with E-state index in [9.17, 15) is 4.79 Å². The topological polar surface area (TPSA) is 63.3 Å². The summed E-state index contributed by atoms with van der Waals surface area (Å²) in [6, 6.07) is 5.74. The van der Waals surface area contributed by atoms with Crippen LogP contribution in [0, 0.1) is 0 Å². The largest absolute Gasteiger partial charge is 0.467 e. The smallest absolute Gasteiger partial charge is 0.236 e. The molecule has 0 unspecified atom stereocenters. The van der Waals surface area contributed by atoms with Crippen LogP contribution in [0.3, 0.4) is 0 Å². The van der Waals surface area contributed by atoms with Crippen LogP contribution in [-0.2, 0) is 17.9 Å². The van der Waals surface area contributed by atoms with E-state index < -0.39 is 0 Å². The molecule has 1 amide bonds. The van der Waals surface area contributed by atoms with E-state index >= 15 is 0 Å². The highest BCUT2D eigenvalue weighted by atomic mass is 16.3. The molecule has 0 spiro atoms. The van der Waals surface area contributed by atoms with Crippen LogP contribution < -0.4 is 5.32 Å². The number of rotatable bonds is 7. The number of nitrogens with one attached hydrogen (secondary N) is 1. The number of hydrogen-bond donors (Lipinski definition) is 1. The lowest BCUT2D eigenvalue weighted by atomic mass is 10.3. The molecule has 1 N–H and O–H groups in total. The molecule has 20 heavy (non-hydrogen) atoms. The zero-order valence-electron chi connectivity index (χ0n) is 11.8. The van der Waals surface area contributed by atoms with Gasteiger partial charge in [0.15, 0.2) is 0 Å². The maximum atomic E-state index is 12.0. The Balaban J connectivity index is 1.71. The van der Waals surface area contributed by atoms with Crippen molar-refractivity contribution in [2.45, 2.75) is 26.1 Å². The van der Waals surface area contributed by atoms with Gasteiger partial charge >= 0.3 is 0 Å². The second kappa shape index (κ2) is 6.91. The maximum absolute atomic E-state index is 12.0. The van der Waals surface area contributed by atoms with Gasteiger partial charge in [-0.2, -0.15) is 5.10 Å². The zero-order chi connectivity index (χ0) is 14.4. The normalized spacial score (nSPS) is 12.3. The van der Waals surface area contributed by atoms with E-state index in [1.165, 1.54) is 0 Å². The summed E-state index contributed by atoms with van der Waals surface area (Å²) >= 11 is 0. The Kier molecular flexibility index (Phi) is 4.95. The summed E-state index contributed by atoms with van der Waals surface area (Å²) in [6.07, 6.45) is 5.26. The van der Waals surface area contributed by atoms with E-state index in [4.69, 9.17) is 4.42 Å². The minimum absolute atomic E-state index is 0.0358. The molecule has 0 aliphatic carbocycles. The van der Waals surface area contributed by atoms with Crippen LogP contribution in [-0.4, -0.2) is 40.2 Å². The second-order valence-electron chi connectivity index (χ2n) is 4.84. The zero-order valence-corrected chi connectivity index (χ0v) is 11.8. The first-order valence-corrected chi connectivity index (χ1v) is 6.62. The van der Waals surface area contributed by atoms with E-state index in [1.807, 2.05) is 36.0 Å². The highest BCUT2D eigenvalue weighted by Crippen LogP contribution is 2.03. The molecule has 2 rings (SSSR count). The number of furan rings is 1. The molecular formula is C14H20N4O2. The molecule has 0 fully saturated rings. The molecular weight excluding hydrogens is 256 g/mol. The molecule has 2 heterocycles. The number of carbonyl (C=O) groups excluding carboxylic acids is 1. The Morgan fingerprint density at radius 3 is 3.05 bits per heavy atom. The quantitative estimate of drug-likeness (QED) is 0.823. The predicted molar refractivity (Wildman–Crippen MR) is 74.9 cm³/mol. The van der Waals surface area contributed by atoms with E-state index in [0.29, 0.717) is 13.1 Å². The molecule has 1 atom stereocenters. The fraction of sp³-hybridized carbons (Fsp3) is 0.429. The van der Waals surface area contributed by atoms with Crippen molar-refractivity contribution in [3.63, 3.8) is 0 Å². The van der Waals surface area contributed by atoms with E-state index in [0.717, 1.165) is 12.3 Å². The van der Waals surface area contributed by atoms with Gasteiger partial charge in [0.2, 0.25) is 5.91 Å². The molecule has 0 aliphatic rings. The highest BCUT2D eigenvalue weighted by Gasteiger charge is 2.12. The van der Waals surface area contributed by atoms with Crippen molar-refractivity contribution < 1.29 is 9.21 Å². The first kappa shape index (κ1) is 14.3. The standard InChI is InChI=1S/C14H20N4O2/c1-12(10-18-7-4-6-16-18)15-9-14(19)17(2)11-13-5-3-8-20-13/h3-8,12,15H,9-11H2,1-2H3/t12-/m0/s1. The SMILES string of the molecule is C[C@@H](Cn1cccn1)NCC(=O)N(C)Cc1ccco1. The van der Waals surface area contributed by atoms with Gasteiger partial charge in [-0.25, -0.2) is 0 Å². The molecule has 0 aliphatic heterocycles. The third kappa shape index (κ3) is 4.24. The van der Waals surface area contributed by atoms with Crippen molar-refractivity contribution in [3.05, 3.63) is 42.6 Å². The van der Waals surface area contributed by atoms with Gasteiger partial charge in [0.25, 0.3) is 0 Å². The molecule has 0 radical (unpaired) electrons. The number of nitrogens with zero attached hydrogens (tertiary/aromatic N) is 3. The molecule has 6 heteroatoms. The van der Waals surface area contributed by atoms with Crippen molar-refractivity contribution in [2.75, 3.05) is 13.6 Å². The number of hydrogen-bond acceptors (Lipinski definition) is 4. The van der Waals surface area contributed by atoms with Crippen LogP contribution in [0.1, 0.15) is 12.7 Å². The fourth-order valence-electron chi connectivity index (χ4n) is 1.87. The molecule has 2 aromatic heterocycles. The number of likely N-dealkylation sites (N-methyl/N-ethyl adjacent to an activating group) is 1. The maximum Gasteiger partial charge on any atom is 0.236 e. The van der Waals surface area contributed by atoms with Gasteiger partial charge in [-0.05, 0) is 25.1 Å². The van der Waals surface area contributed by atoms with E-state index in [-0.39, 0.29) is 11.9 Å². The predicted octanol–water partition coefficient (Wildman–Crippen LogP) is 1.11. The Morgan fingerprint density at radius 1 is 1.55 bits per heavy atom. The molecule has 2 aromatic rings. The summed E-state index contributed by atoms with van der Waals surface area (Å²) in [5.41, 5.74) is 0. The summed E-state index contributed by atoms with van der Waals surface area (Å²) in [4.78, 5) is 13.6. The van der Waals surface area contributed by atoms with Crippen LogP contribution in [0.2, 0.25) is 0 Å². The van der Waals surface area contributed by atoms with Crippen molar-refractivity contribution in [1.29, 1.82) is 0 Å². The lowest BCUT2D eigenvalue weighted by Gasteiger charge is -2.18. The average Bonchev–Trinajstić information content (AvgIpc) is 3.09. The molecule has 0 saturated heterocycles. The van der Waals surface area contributed by atoms with Crippen molar-refractivity contribution in [1.82, 2.24) is 20.0 Å². The van der Waals surface area contributed by atoms with Gasteiger partial charge in [0.1, 0.15) is 5.76 Å². The van der Waals surface area contributed by atoms with E-state index in [1.54, 1.807) is 24.4 Å². The lowest BCUT2D eigenvalue weighted by molar-refractivity contribution is -0.129. The van der Waals surface area contributed by atoms with Crippen molar-refractivity contribution in [2.24, 2.45) is 0 Å². The van der Waals surface area contributed by atoms with Crippen molar-refractivity contribution >= 4 is 5.91 Å². The van der Waals surface area contributed by atoms with Crippen LogP contribution >= 0.6 is 0 Å². The van der Waals surface area contributed by atoms with Crippen LogP contribution in [0.5, 0.6) is 0 Å². The molecule has 0 bridgehead atoms. The molecule has 108 valence electrons. The van der Waals surface area contributed by atoms with Gasteiger partial charge in [-0.15, -0.1) is 0 Å². The van der Waals surface area contributed by atoms with Gasteiger partial charge in [-0.1, -0.05) is 0 Å². The summed E-state index contributed by atoms with van der Waals surface area (Å²) in [6.45, 7) is 3.56. The monoisotopic (exact) mass is 276 g/mol. The van der Waals surface area contributed by atoms with Gasteiger partial charge in [-0.3, -0.25) is 9.48 Å². The molecule has 0 saturated carbocycles. The minimum atomic E-state index is 0.0358. The first-order valence-electron chi connectivity index (χ1n) is 6.62. The van der Waals surface area contributed by atoms with Gasteiger partial charge < -0.3 is 14.6 Å². The summed E-state index contributed by atoms with van der Waals surface area (Å²) in [7, 11) is 1.77. The first-order chi connectivity index (χ1) is 9.65. The number of carbonyl (C=O) groups is 1. The van der Waals surface area contributed by atoms with Crippen LogP contribution in [0.4, 0.5) is 0 Å².